The third kappa shape index (κ3) is 3.94. The molecular formula is C17H11F3N4O3. The van der Waals surface area contributed by atoms with Crippen molar-refractivity contribution in [2.45, 2.75) is 6.18 Å². The minimum Gasteiger partial charge on any atom is -0.327 e. The van der Waals surface area contributed by atoms with E-state index in [2.05, 4.69) is 10.4 Å². The normalized spacial score (nSPS) is 11.2. The van der Waals surface area contributed by atoms with Gasteiger partial charge in [0.05, 0.1) is 11.3 Å². The second-order valence-electron chi connectivity index (χ2n) is 5.39. The molecule has 138 valence electrons. The number of hydrogen-bond donors (Lipinski definition) is 2. The average Bonchev–Trinajstić information content (AvgIpc) is 2.63. The van der Waals surface area contributed by atoms with Crippen LogP contribution in [-0.4, -0.2) is 20.7 Å². The van der Waals surface area contributed by atoms with Gasteiger partial charge in [0, 0.05) is 12.3 Å². The van der Waals surface area contributed by atoms with Gasteiger partial charge in [0.15, 0.2) is 0 Å². The van der Waals surface area contributed by atoms with Crippen LogP contribution in [0.4, 0.5) is 18.9 Å². The Morgan fingerprint density at radius 1 is 1.07 bits per heavy atom. The van der Waals surface area contributed by atoms with Gasteiger partial charge in [0.1, 0.15) is 11.4 Å². The number of benzene rings is 1. The van der Waals surface area contributed by atoms with Crippen molar-refractivity contribution in [3.63, 3.8) is 0 Å². The van der Waals surface area contributed by atoms with Crippen LogP contribution in [0.15, 0.2) is 64.3 Å². The molecule has 7 nitrogen and oxygen atoms in total. The van der Waals surface area contributed by atoms with Gasteiger partial charge in [-0.1, -0.05) is 18.2 Å². The first-order chi connectivity index (χ1) is 12.8. The van der Waals surface area contributed by atoms with E-state index in [1.807, 2.05) is 4.98 Å². The van der Waals surface area contributed by atoms with Crippen LogP contribution in [0, 0.1) is 0 Å². The van der Waals surface area contributed by atoms with Crippen LogP contribution in [0.25, 0.3) is 5.69 Å². The van der Waals surface area contributed by atoms with Crippen molar-refractivity contribution in [3.8, 4) is 5.69 Å². The number of alkyl halides is 3. The number of para-hydroxylation sites is 1. The highest BCUT2D eigenvalue weighted by atomic mass is 19.4. The van der Waals surface area contributed by atoms with Gasteiger partial charge in [-0.05, 0) is 24.3 Å². The lowest BCUT2D eigenvalue weighted by molar-refractivity contribution is -0.137. The monoisotopic (exact) mass is 376 g/mol. The van der Waals surface area contributed by atoms with Gasteiger partial charge in [-0.25, -0.2) is 0 Å². The van der Waals surface area contributed by atoms with Gasteiger partial charge in [0.2, 0.25) is 0 Å². The van der Waals surface area contributed by atoms with Gasteiger partial charge in [-0.2, -0.15) is 23.0 Å². The molecule has 0 aliphatic heterocycles. The molecule has 0 unspecified atom stereocenters. The maximum Gasteiger partial charge on any atom is 0.417 e. The molecular weight excluding hydrogens is 365 g/mol. The van der Waals surface area contributed by atoms with Crippen LogP contribution in [0.2, 0.25) is 0 Å². The Labute approximate surface area is 149 Å². The SMILES string of the molecule is O=C(Nc1cc(C(F)(F)F)c[nH]c1=O)c1ccc(=O)n(-c2ccccc2)n1. The molecule has 2 aromatic heterocycles. The molecule has 0 fully saturated rings. The number of rotatable bonds is 3. The molecule has 2 heterocycles. The maximum absolute atomic E-state index is 12.8. The first kappa shape index (κ1) is 18.1. The predicted molar refractivity (Wildman–Crippen MR) is 89.9 cm³/mol. The molecule has 0 atom stereocenters. The van der Waals surface area contributed by atoms with Gasteiger partial charge in [-0.3, -0.25) is 14.4 Å². The van der Waals surface area contributed by atoms with Gasteiger partial charge in [0.25, 0.3) is 17.0 Å². The lowest BCUT2D eigenvalue weighted by atomic mass is 10.2. The van der Waals surface area contributed by atoms with Crippen LogP contribution in [-0.2, 0) is 6.18 Å². The van der Waals surface area contributed by atoms with E-state index in [4.69, 9.17) is 0 Å². The van der Waals surface area contributed by atoms with Crippen molar-refractivity contribution in [2.24, 2.45) is 0 Å². The Balaban J connectivity index is 1.94. The van der Waals surface area contributed by atoms with E-state index in [1.54, 1.807) is 30.3 Å². The quantitative estimate of drug-likeness (QED) is 0.732. The molecule has 2 N–H and O–H groups in total. The summed E-state index contributed by atoms with van der Waals surface area (Å²) >= 11 is 0. The second kappa shape index (κ2) is 6.90. The van der Waals surface area contributed by atoms with E-state index in [-0.39, 0.29) is 5.69 Å². The number of amides is 1. The Hall–Kier alpha value is -3.69. The number of carbonyl (C=O) groups is 1. The molecule has 27 heavy (non-hydrogen) atoms. The van der Waals surface area contributed by atoms with Crippen molar-refractivity contribution in [3.05, 3.63) is 86.7 Å². The molecule has 3 aromatic rings. The Morgan fingerprint density at radius 2 is 1.78 bits per heavy atom. The van der Waals surface area contributed by atoms with Crippen LogP contribution in [0.5, 0.6) is 0 Å². The minimum absolute atomic E-state index is 0.254. The highest BCUT2D eigenvalue weighted by molar-refractivity contribution is 6.02. The number of halogens is 3. The topological polar surface area (TPSA) is 96.9 Å². The Bertz CT molecular complexity index is 1100. The number of aromatic nitrogens is 3. The molecule has 3 rings (SSSR count). The van der Waals surface area contributed by atoms with E-state index in [0.717, 1.165) is 16.8 Å². The van der Waals surface area contributed by atoms with Gasteiger partial charge < -0.3 is 10.3 Å². The zero-order valence-corrected chi connectivity index (χ0v) is 13.4. The van der Waals surface area contributed by atoms with E-state index in [9.17, 15) is 27.6 Å². The molecule has 0 aliphatic carbocycles. The fourth-order valence-electron chi connectivity index (χ4n) is 2.21. The van der Waals surface area contributed by atoms with Gasteiger partial charge >= 0.3 is 6.18 Å². The second-order valence-corrected chi connectivity index (χ2v) is 5.39. The predicted octanol–water partition coefficient (Wildman–Crippen LogP) is 2.19. The molecule has 1 aromatic carbocycles. The van der Waals surface area contributed by atoms with E-state index < -0.39 is 34.5 Å². The average molecular weight is 376 g/mol. The summed E-state index contributed by atoms with van der Waals surface area (Å²) in [6, 6.07) is 11.0. The molecule has 0 aliphatic rings. The number of nitrogens with zero attached hydrogens (tertiary/aromatic N) is 2. The molecule has 0 bridgehead atoms. The number of pyridine rings is 1. The lowest BCUT2D eigenvalue weighted by Gasteiger charge is -2.10. The summed E-state index contributed by atoms with van der Waals surface area (Å²) in [7, 11) is 0. The summed E-state index contributed by atoms with van der Waals surface area (Å²) in [5.41, 5.74) is -2.99. The fourth-order valence-corrected chi connectivity index (χ4v) is 2.21. The van der Waals surface area contributed by atoms with Crippen molar-refractivity contribution in [1.82, 2.24) is 14.8 Å². The van der Waals surface area contributed by atoms with Crippen LogP contribution < -0.4 is 16.4 Å². The highest BCUT2D eigenvalue weighted by Crippen LogP contribution is 2.29. The molecule has 0 saturated heterocycles. The van der Waals surface area contributed by atoms with Crippen LogP contribution in [0.3, 0.4) is 0 Å². The summed E-state index contributed by atoms with van der Waals surface area (Å²) in [6.45, 7) is 0. The lowest BCUT2D eigenvalue weighted by Crippen LogP contribution is -2.26. The van der Waals surface area contributed by atoms with Crippen molar-refractivity contribution >= 4 is 11.6 Å². The smallest absolute Gasteiger partial charge is 0.327 e. The molecule has 0 saturated carbocycles. The zero-order valence-electron chi connectivity index (χ0n) is 13.4. The van der Waals surface area contributed by atoms with E-state index in [1.165, 1.54) is 0 Å². The number of carbonyl (C=O) groups excluding carboxylic acids is 1. The number of nitrogens with one attached hydrogen (secondary N) is 2. The van der Waals surface area contributed by atoms with Crippen molar-refractivity contribution in [1.29, 1.82) is 0 Å². The maximum atomic E-state index is 12.8. The third-order valence-corrected chi connectivity index (χ3v) is 3.51. The fraction of sp³-hybridized carbons (Fsp3) is 0.0588. The third-order valence-electron chi connectivity index (χ3n) is 3.51. The number of hydrogen-bond acceptors (Lipinski definition) is 4. The first-order valence-corrected chi connectivity index (χ1v) is 7.53. The summed E-state index contributed by atoms with van der Waals surface area (Å²) in [5, 5.41) is 5.97. The number of anilines is 1. The Morgan fingerprint density at radius 3 is 2.44 bits per heavy atom. The summed E-state index contributed by atoms with van der Waals surface area (Å²) in [4.78, 5) is 37.9. The largest absolute Gasteiger partial charge is 0.417 e. The molecule has 0 spiro atoms. The summed E-state index contributed by atoms with van der Waals surface area (Å²) in [6.07, 6.45) is -4.19. The van der Waals surface area contributed by atoms with Crippen molar-refractivity contribution < 1.29 is 18.0 Å². The summed E-state index contributed by atoms with van der Waals surface area (Å²) in [5.74, 6) is -0.940. The molecule has 1 amide bonds. The number of aromatic amines is 1. The Kier molecular flexibility index (Phi) is 4.63. The van der Waals surface area contributed by atoms with Crippen LogP contribution >= 0.6 is 0 Å². The van der Waals surface area contributed by atoms with E-state index >= 15 is 0 Å². The summed E-state index contributed by atoms with van der Waals surface area (Å²) < 4.78 is 39.2. The highest BCUT2D eigenvalue weighted by Gasteiger charge is 2.31. The minimum atomic E-state index is -4.69. The van der Waals surface area contributed by atoms with Gasteiger partial charge in [-0.15, -0.1) is 0 Å². The van der Waals surface area contributed by atoms with Crippen LogP contribution in [0.1, 0.15) is 16.1 Å². The van der Waals surface area contributed by atoms with Crippen molar-refractivity contribution in [2.75, 3.05) is 5.32 Å². The van der Waals surface area contributed by atoms with E-state index in [0.29, 0.717) is 18.0 Å². The first-order valence-electron chi connectivity index (χ1n) is 7.53. The molecule has 0 radical (unpaired) electrons. The molecule has 10 heteroatoms. The zero-order chi connectivity index (χ0) is 19.6. The number of H-pyrrole nitrogens is 1. The standard InChI is InChI=1S/C17H11F3N4O3/c18-17(19,20)10-8-13(15(26)21-9-10)22-16(27)12-6-7-14(25)24(23-12)11-4-2-1-3-5-11/h1-9H,(H,21,26)(H,22,27).